The third kappa shape index (κ3) is 2.41. The number of benzene rings is 1. The first-order valence-corrected chi connectivity index (χ1v) is 7.00. The first-order chi connectivity index (χ1) is 9.61. The van der Waals surface area contributed by atoms with Gasteiger partial charge < -0.3 is 14.4 Å². The van der Waals surface area contributed by atoms with Crippen LogP contribution in [0.15, 0.2) is 18.2 Å². The number of likely N-dealkylation sites (tertiary alicyclic amines) is 1. The van der Waals surface area contributed by atoms with Gasteiger partial charge in [0.2, 0.25) is 0 Å². The van der Waals surface area contributed by atoms with Gasteiger partial charge in [-0.05, 0) is 18.6 Å². The molecule has 0 aromatic heterocycles. The lowest BCUT2D eigenvalue weighted by molar-refractivity contribution is -0.183. The summed E-state index contributed by atoms with van der Waals surface area (Å²) in [5.74, 6) is -1.56. The number of hydrogen-bond acceptors (Lipinski definition) is 3. The molecule has 1 aromatic rings. The molecule has 0 aliphatic carbocycles. The van der Waals surface area contributed by atoms with Crippen LogP contribution in [0.2, 0.25) is 5.02 Å². The zero-order valence-electron chi connectivity index (χ0n) is 10.9. The van der Waals surface area contributed by atoms with Crippen LogP contribution < -0.4 is 0 Å². The highest BCUT2D eigenvalue weighted by atomic mass is 35.5. The molecule has 6 heteroatoms. The Bertz CT molecular complexity index is 531. The molecule has 108 valence electrons. The number of amides is 1. The van der Waals surface area contributed by atoms with E-state index in [1.807, 2.05) is 0 Å². The molecule has 0 radical (unpaired) electrons. The van der Waals surface area contributed by atoms with Crippen molar-refractivity contribution in [3.63, 3.8) is 0 Å². The molecular weight excluding hydrogens is 285 g/mol. The molecule has 0 atom stereocenters. The molecule has 0 saturated carbocycles. The second-order valence-corrected chi connectivity index (χ2v) is 5.42. The lowest BCUT2D eigenvalue weighted by Gasteiger charge is -2.38. The first-order valence-electron chi connectivity index (χ1n) is 6.62. The predicted molar refractivity (Wildman–Crippen MR) is 71.2 cm³/mol. The summed E-state index contributed by atoms with van der Waals surface area (Å²) >= 11 is 5.87. The van der Waals surface area contributed by atoms with Crippen molar-refractivity contribution in [1.82, 2.24) is 4.90 Å². The van der Waals surface area contributed by atoms with E-state index in [9.17, 15) is 9.18 Å². The Morgan fingerprint density at radius 3 is 2.85 bits per heavy atom. The normalized spacial score (nSPS) is 21.4. The van der Waals surface area contributed by atoms with Crippen LogP contribution >= 0.6 is 11.6 Å². The van der Waals surface area contributed by atoms with Crippen LogP contribution in [0.5, 0.6) is 0 Å². The van der Waals surface area contributed by atoms with Crippen LogP contribution in [0.3, 0.4) is 0 Å². The van der Waals surface area contributed by atoms with Crippen molar-refractivity contribution in [3.8, 4) is 0 Å². The number of piperidine rings is 1. The minimum Gasteiger partial charge on any atom is -0.346 e. The van der Waals surface area contributed by atoms with Crippen molar-refractivity contribution in [3.05, 3.63) is 34.6 Å². The molecule has 1 aromatic carbocycles. The number of carbonyl (C=O) groups is 1. The van der Waals surface area contributed by atoms with E-state index in [1.165, 1.54) is 18.2 Å². The fourth-order valence-corrected chi connectivity index (χ4v) is 2.94. The molecule has 4 nitrogen and oxygen atoms in total. The zero-order chi connectivity index (χ0) is 14.2. The van der Waals surface area contributed by atoms with Gasteiger partial charge in [0.1, 0.15) is 5.82 Å². The number of rotatable bonds is 1. The van der Waals surface area contributed by atoms with E-state index < -0.39 is 11.6 Å². The summed E-state index contributed by atoms with van der Waals surface area (Å²) in [6.45, 7) is 2.05. The van der Waals surface area contributed by atoms with Crippen molar-refractivity contribution in [2.75, 3.05) is 26.3 Å². The van der Waals surface area contributed by atoms with E-state index in [0.717, 1.165) is 12.8 Å². The molecule has 0 N–H and O–H groups in total. The van der Waals surface area contributed by atoms with Crippen LogP contribution in [0.4, 0.5) is 4.39 Å². The van der Waals surface area contributed by atoms with E-state index in [4.69, 9.17) is 21.1 Å². The lowest BCUT2D eigenvalue weighted by atomic mass is 10.0. The summed E-state index contributed by atoms with van der Waals surface area (Å²) < 4.78 is 24.7. The summed E-state index contributed by atoms with van der Waals surface area (Å²) in [7, 11) is 0. The number of carbonyl (C=O) groups excluding carboxylic acids is 1. The Kier molecular flexibility index (Phi) is 3.67. The third-order valence-electron chi connectivity index (χ3n) is 3.70. The summed E-state index contributed by atoms with van der Waals surface area (Å²) in [6, 6.07) is 4.25. The topological polar surface area (TPSA) is 38.8 Å². The predicted octanol–water partition coefficient (Wildman–Crippen LogP) is 2.46. The Morgan fingerprint density at radius 1 is 1.35 bits per heavy atom. The molecule has 2 aliphatic rings. The third-order valence-corrected chi connectivity index (χ3v) is 4.08. The van der Waals surface area contributed by atoms with Crippen molar-refractivity contribution in [1.29, 1.82) is 0 Å². The van der Waals surface area contributed by atoms with E-state index in [2.05, 4.69) is 0 Å². The first kappa shape index (κ1) is 13.8. The molecule has 2 aliphatic heterocycles. The standard InChI is InChI=1S/C14H15ClFNO3/c15-12-10(3-1-4-11(12)16)13(18)17-6-2-5-14(9-17)19-7-8-20-14/h1,3-4H,2,5-9H2. The minimum absolute atomic E-state index is 0.134. The van der Waals surface area contributed by atoms with Crippen LogP contribution in [0, 0.1) is 5.82 Å². The summed E-state index contributed by atoms with van der Waals surface area (Å²) in [6.07, 6.45) is 1.56. The highest BCUT2D eigenvalue weighted by Crippen LogP contribution is 2.31. The van der Waals surface area contributed by atoms with Gasteiger partial charge in [-0.15, -0.1) is 0 Å². The van der Waals surface area contributed by atoms with Gasteiger partial charge in [0, 0.05) is 13.0 Å². The SMILES string of the molecule is O=C(c1cccc(F)c1Cl)N1CCCC2(C1)OCCO2. The molecule has 20 heavy (non-hydrogen) atoms. The van der Waals surface area contributed by atoms with Crippen LogP contribution in [-0.4, -0.2) is 42.9 Å². The maximum atomic E-state index is 13.4. The van der Waals surface area contributed by atoms with Gasteiger partial charge in [-0.1, -0.05) is 17.7 Å². The molecule has 1 spiro atoms. The number of nitrogens with zero attached hydrogens (tertiary/aromatic N) is 1. The van der Waals surface area contributed by atoms with Crippen LogP contribution in [0.25, 0.3) is 0 Å². The van der Waals surface area contributed by atoms with Crippen molar-refractivity contribution < 1.29 is 18.7 Å². The Hall–Kier alpha value is -1.17. The average molecular weight is 300 g/mol. The van der Waals surface area contributed by atoms with Crippen molar-refractivity contribution in [2.45, 2.75) is 18.6 Å². The highest BCUT2D eigenvalue weighted by Gasteiger charge is 2.42. The van der Waals surface area contributed by atoms with E-state index in [-0.39, 0.29) is 16.5 Å². The second-order valence-electron chi connectivity index (χ2n) is 5.04. The highest BCUT2D eigenvalue weighted by molar-refractivity contribution is 6.34. The van der Waals surface area contributed by atoms with Gasteiger partial charge in [-0.25, -0.2) is 4.39 Å². The minimum atomic E-state index is -0.687. The Morgan fingerprint density at radius 2 is 2.10 bits per heavy atom. The molecule has 2 fully saturated rings. The molecule has 0 bridgehead atoms. The fraction of sp³-hybridized carbons (Fsp3) is 0.500. The second kappa shape index (κ2) is 5.31. The van der Waals surface area contributed by atoms with Crippen molar-refractivity contribution in [2.24, 2.45) is 0 Å². The van der Waals surface area contributed by atoms with Gasteiger partial charge in [-0.2, -0.15) is 0 Å². The van der Waals surface area contributed by atoms with Gasteiger partial charge in [-0.3, -0.25) is 4.79 Å². The maximum Gasteiger partial charge on any atom is 0.255 e. The molecular formula is C14H15ClFNO3. The average Bonchev–Trinajstić information content (AvgIpc) is 2.89. The van der Waals surface area contributed by atoms with Crippen LogP contribution in [-0.2, 0) is 9.47 Å². The Balaban J connectivity index is 1.81. The van der Waals surface area contributed by atoms with Crippen LogP contribution in [0.1, 0.15) is 23.2 Å². The van der Waals surface area contributed by atoms with Gasteiger partial charge in [0.25, 0.3) is 5.91 Å². The molecule has 1 amide bonds. The fourth-order valence-electron chi connectivity index (χ4n) is 2.73. The summed E-state index contributed by atoms with van der Waals surface area (Å²) in [4.78, 5) is 14.1. The van der Waals surface area contributed by atoms with Gasteiger partial charge >= 0.3 is 0 Å². The van der Waals surface area contributed by atoms with Gasteiger partial charge in [0.15, 0.2) is 5.79 Å². The quantitative estimate of drug-likeness (QED) is 0.799. The molecule has 2 saturated heterocycles. The van der Waals surface area contributed by atoms with Gasteiger partial charge in [0.05, 0.1) is 30.3 Å². The maximum absolute atomic E-state index is 13.4. The zero-order valence-corrected chi connectivity index (χ0v) is 11.7. The Labute approximate surface area is 121 Å². The van der Waals surface area contributed by atoms with Crippen molar-refractivity contribution >= 4 is 17.5 Å². The number of hydrogen-bond donors (Lipinski definition) is 0. The van der Waals surface area contributed by atoms with E-state index in [1.54, 1.807) is 4.90 Å². The van der Waals surface area contributed by atoms with E-state index >= 15 is 0 Å². The lowest BCUT2D eigenvalue weighted by Crippen LogP contribution is -2.51. The van der Waals surface area contributed by atoms with E-state index in [0.29, 0.717) is 26.3 Å². The molecule has 3 rings (SSSR count). The number of halogens is 2. The molecule has 0 unspecified atom stereocenters. The molecule has 2 heterocycles. The smallest absolute Gasteiger partial charge is 0.255 e. The monoisotopic (exact) mass is 299 g/mol. The number of ether oxygens (including phenoxy) is 2. The summed E-state index contributed by atoms with van der Waals surface area (Å²) in [5.41, 5.74) is 0.182. The summed E-state index contributed by atoms with van der Waals surface area (Å²) in [5, 5.41) is -0.134. The largest absolute Gasteiger partial charge is 0.346 e.